The van der Waals surface area contributed by atoms with Crippen molar-refractivity contribution in [1.29, 1.82) is 0 Å². The summed E-state index contributed by atoms with van der Waals surface area (Å²) in [6.45, 7) is 0. The summed E-state index contributed by atoms with van der Waals surface area (Å²) in [6, 6.07) is 6.54. The van der Waals surface area contributed by atoms with Crippen molar-refractivity contribution in [1.82, 2.24) is 0 Å². The highest BCUT2D eigenvalue weighted by Gasteiger charge is 2.41. The standard InChI is InChI=1S/C11H10ClF3O2S/c12-8-4-2-1-3-7(8)6-18-9(5-10(16)17)11(13,14)15/h1-4,9H,5-6H2,(H,16,17). The van der Waals surface area contributed by atoms with Crippen LogP contribution < -0.4 is 0 Å². The predicted octanol–water partition coefficient (Wildman–Crippen LogP) is 3.98. The summed E-state index contributed by atoms with van der Waals surface area (Å²) < 4.78 is 37.7. The highest BCUT2D eigenvalue weighted by molar-refractivity contribution is 7.99. The van der Waals surface area contributed by atoms with Gasteiger partial charge in [-0.05, 0) is 11.6 Å². The predicted molar refractivity (Wildman–Crippen MR) is 64.8 cm³/mol. The highest BCUT2D eigenvalue weighted by Crippen LogP contribution is 2.35. The number of hydrogen-bond donors (Lipinski definition) is 1. The van der Waals surface area contributed by atoms with E-state index in [-0.39, 0.29) is 5.75 Å². The summed E-state index contributed by atoms with van der Waals surface area (Å²) in [5.41, 5.74) is 0.559. The minimum atomic E-state index is -4.54. The molecule has 0 fully saturated rings. The Morgan fingerprint density at radius 1 is 1.39 bits per heavy atom. The topological polar surface area (TPSA) is 37.3 Å². The second-order valence-electron chi connectivity index (χ2n) is 3.53. The molecule has 1 aromatic carbocycles. The lowest BCUT2D eigenvalue weighted by atomic mass is 10.2. The summed E-state index contributed by atoms with van der Waals surface area (Å²) >= 11 is 6.35. The number of hydrogen-bond acceptors (Lipinski definition) is 2. The lowest BCUT2D eigenvalue weighted by Gasteiger charge is -2.18. The van der Waals surface area contributed by atoms with Crippen molar-refractivity contribution in [3.63, 3.8) is 0 Å². The molecule has 1 aromatic rings. The maximum atomic E-state index is 12.6. The zero-order chi connectivity index (χ0) is 13.8. The molecule has 0 aliphatic heterocycles. The molecule has 0 amide bonds. The number of halogens is 4. The SMILES string of the molecule is O=C(O)CC(SCc1ccccc1Cl)C(F)(F)F. The zero-order valence-electron chi connectivity index (χ0n) is 9.08. The van der Waals surface area contributed by atoms with Gasteiger partial charge in [0, 0.05) is 10.8 Å². The third-order valence-corrected chi connectivity index (χ3v) is 3.81. The van der Waals surface area contributed by atoms with E-state index in [2.05, 4.69) is 0 Å². The quantitative estimate of drug-likeness (QED) is 0.893. The molecule has 0 bridgehead atoms. The second-order valence-corrected chi connectivity index (χ2v) is 5.13. The fraction of sp³-hybridized carbons (Fsp3) is 0.364. The van der Waals surface area contributed by atoms with Crippen molar-refractivity contribution in [2.75, 3.05) is 0 Å². The van der Waals surface area contributed by atoms with Gasteiger partial charge in [0.05, 0.1) is 6.42 Å². The molecule has 0 aromatic heterocycles. The van der Waals surface area contributed by atoms with Gasteiger partial charge >= 0.3 is 12.1 Å². The number of aliphatic carboxylic acids is 1. The van der Waals surface area contributed by atoms with Crippen LogP contribution in [0.15, 0.2) is 24.3 Å². The van der Waals surface area contributed by atoms with E-state index in [4.69, 9.17) is 16.7 Å². The Kier molecular flexibility index (Phi) is 5.34. The van der Waals surface area contributed by atoms with Crippen LogP contribution in [0.25, 0.3) is 0 Å². The van der Waals surface area contributed by atoms with Crippen molar-refractivity contribution in [2.24, 2.45) is 0 Å². The molecule has 0 heterocycles. The van der Waals surface area contributed by atoms with E-state index in [1.54, 1.807) is 24.3 Å². The zero-order valence-corrected chi connectivity index (χ0v) is 10.6. The minimum Gasteiger partial charge on any atom is -0.481 e. The van der Waals surface area contributed by atoms with E-state index < -0.39 is 23.8 Å². The Hall–Kier alpha value is -0.880. The van der Waals surface area contributed by atoms with Gasteiger partial charge in [-0.2, -0.15) is 13.2 Å². The normalized spacial score (nSPS) is 13.3. The number of thioether (sulfide) groups is 1. The Morgan fingerprint density at radius 3 is 2.50 bits per heavy atom. The maximum Gasteiger partial charge on any atom is 0.401 e. The van der Waals surface area contributed by atoms with Crippen molar-refractivity contribution >= 4 is 29.3 Å². The Labute approximate surface area is 111 Å². The summed E-state index contributed by atoms with van der Waals surface area (Å²) in [4.78, 5) is 10.4. The van der Waals surface area contributed by atoms with Gasteiger partial charge in [-0.1, -0.05) is 29.8 Å². The van der Waals surface area contributed by atoms with E-state index >= 15 is 0 Å². The van der Waals surface area contributed by atoms with Crippen LogP contribution in [0.5, 0.6) is 0 Å². The van der Waals surface area contributed by atoms with Gasteiger partial charge in [-0.3, -0.25) is 4.79 Å². The molecule has 0 spiro atoms. The second kappa shape index (κ2) is 6.33. The van der Waals surface area contributed by atoms with Gasteiger partial charge in [0.25, 0.3) is 0 Å². The molecule has 0 radical (unpaired) electrons. The third kappa shape index (κ3) is 4.78. The van der Waals surface area contributed by atoms with Crippen LogP contribution in [0.1, 0.15) is 12.0 Å². The van der Waals surface area contributed by atoms with Crippen molar-refractivity contribution in [3.8, 4) is 0 Å². The highest BCUT2D eigenvalue weighted by atomic mass is 35.5. The molecular weight excluding hydrogens is 289 g/mol. The molecule has 7 heteroatoms. The van der Waals surface area contributed by atoms with Gasteiger partial charge in [-0.15, -0.1) is 11.8 Å². The summed E-state index contributed by atoms with van der Waals surface area (Å²) in [7, 11) is 0. The van der Waals surface area contributed by atoms with Crippen LogP contribution in [-0.4, -0.2) is 22.5 Å². The third-order valence-electron chi connectivity index (χ3n) is 2.12. The van der Waals surface area contributed by atoms with Crippen molar-refractivity contribution in [2.45, 2.75) is 23.6 Å². The minimum absolute atomic E-state index is 0.0249. The van der Waals surface area contributed by atoms with Gasteiger partial charge in [-0.25, -0.2) is 0 Å². The number of benzene rings is 1. The van der Waals surface area contributed by atoms with Gasteiger partial charge in [0.15, 0.2) is 0 Å². The molecule has 1 rings (SSSR count). The molecule has 0 saturated carbocycles. The largest absolute Gasteiger partial charge is 0.481 e. The van der Waals surface area contributed by atoms with Crippen LogP contribution >= 0.6 is 23.4 Å². The Morgan fingerprint density at radius 2 is 2.00 bits per heavy atom. The monoisotopic (exact) mass is 298 g/mol. The smallest absolute Gasteiger partial charge is 0.401 e. The van der Waals surface area contributed by atoms with E-state index in [9.17, 15) is 18.0 Å². The van der Waals surface area contributed by atoms with Gasteiger partial charge < -0.3 is 5.11 Å². The molecule has 2 nitrogen and oxygen atoms in total. The van der Waals surface area contributed by atoms with Gasteiger partial charge in [0.2, 0.25) is 0 Å². The molecule has 1 atom stereocenters. The summed E-state index contributed by atoms with van der Waals surface area (Å²) in [5.74, 6) is -1.44. The fourth-order valence-corrected chi connectivity index (χ4v) is 2.60. The van der Waals surface area contributed by atoms with Crippen LogP contribution in [0.3, 0.4) is 0 Å². The average Bonchev–Trinajstić information content (AvgIpc) is 2.24. The Bertz CT molecular complexity index is 423. The van der Waals surface area contributed by atoms with Crippen molar-refractivity contribution in [3.05, 3.63) is 34.9 Å². The van der Waals surface area contributed by atoms with Crippen molar-refractivity contribution < 1.29 is 23.1 Å². The molecule has 0 aliphatic carbocycles. The molecule has 0 aliphatic rings. The fourth-order valence-electron chi connectivity index (χ4n) is 1.23. The first kappa shape index (κ1) is 15.2. The average molecular weight is 299 g/mol. The Balaban J connectivity index is 2.68. The van der Waals surface area contributed by atoms with E-state index in [1.807, 2.05) is 0 Å². The first-order valence-electron chi connectivity index (χ1n) is 4.94. The lowest BCUT2D eigenvalue weighted by Crippen LogP contribution is -2.28. The van der Waals surface area contributed by atoms with E-state index in [0.717, 1.165) is 0 Å². The van der Waals surface area contributed by atoms with E-state index in [0.29, 0.717) is 22.3 Å². The number of carbonyl (C=O) groups is 1. The van der Waals surface area contributed by atoms with Crippen LogP contribution in [0.4, 0.5) is 13.2 Å². The van der Waals surface area contributed by atoms with Gasteiger partial charge in [0.1, 0.15) is 5.25 Å². The number of carboxylic acid groups (broad SMARTS) is 1. The molecule has 100 valence electrons. The molecule has 0 saturated heterocycles. The van der Waals surface area contributed by atoms with Crippen LogP contribution in [-0.2, 0) is 10.5 Å². The molecule has 1 unspecified atom stereocenters. The molecular formula is C11H10ClF3O2S. The van der Waals surface area contributed by atoms with Crippen LogP contribution in [0.2, 0.25) is 5.02 Å². The number of carboxylic acids is 1. The maximum absolute atomic E-state index is 12.6. The first-order chi connectivity index (χ1) is 8.30. The van der Waals surface area contributed by atoms with Crippen LogP contribution in [0, 0.1) is 0 Å². The summed E-state index contributed by atoms with van der Waals surface area (Å²) in [6.07, 6.45) is -5.48. The summed E-state index contributed by atoms with van der Waals surface area (Å²) in [5, 5.41) is 6.91. The number of rotatable bonds is 5. The first-order valence-corrected chi connectivity index (χ1v) is 6.37. The molecule has 18 heavy (non-hydrogen) atoms. The lowest BCUT2D eigenvalue weighted by molar-refractivity contribution is -0.149. The molecule has 1 N–H and O–H groups in total. The van der Waals surface area contributed by atoms with E-state index in [1.165, 1.54) is 0 Å². The number of alkyl halides is 3.